The molecule has 0 fully saturated rings. The summed E-state index contributed by atoms with van der Waals surface area (Å²) in [6, 6.07) is 13.9. The topological polar surface area (TPSA) is 116 Å². The Balaban J connectivity index is 1.66. The van der Waals surface area contributed by atoms with Crippen LogP contribution in [0.25, 0.3) is 0 Å². The van der Waals surface area contributed by atoms with Gasteiger partial charge in [-0.1, -0.05) is 17.7 Å². The Bertz CT molecular complexity index is 1020. The Morgan fingerprint density at radius 1 is 0.893 bits per heavy atom. The molecule has 3 rings (SSSR count). The second-order valence-electron chi connectivity index (χ2n) is 6.06. The van der Waals surface area contributed by atoms with E-state index in [0.29, 0.717) is 16.9 Å². The monoisotopic (exact) mass is 377 g/mol. The second-order valence-corrected chi connectivity index (χ2v) is 6.06. The summed E-state index contributed by atoms with van der Waals surface area (Å²) in [7, 11) is 1.46. The number of hydrogen-bond donors (Lipinski definition) is 4. The van der Waals surface area contributed by atoms with Crippen LogP contribution in [0, 0.1) is 6.92 Å². The third-order valence-electron chi connectivity index (χ3n) is 3.99. The number of benzene rings is 2. The van der Waals surface area contributed by atoms with E-state index < -0.39 is 11.8 Å². The lowest BCUT2D eigenvalue weighted by Crippen LogP contribution is -2.23. The van der Waals surface area contributed by atoms with E-state index in [1.807, 2.05) is 19.1 Å². The molecule has 8 nitrogen and oxygen atoms in total. The summed E-state index contributed by atoms with van der Waals surface area (Å²) >= 11 is 0. The highest BCUT2D eigenvalue weighted by Gasteiger charge is 2.19. The normalized spacial score (nSPS) is 10.2. The lowest BCUT2D eigenvalue weighted by atomic mass is 10.1. The van der Waals surface area contributed by atoms with E-state index >= 15 is 0 Å². The highest BCUT2D eigenvalue weighted by Crippen LogP contribution is 2.16. The third kappa shape index (κ3) is 4.24. The number of anilines is 2. The van der Waals surface area contributed by atoms with Crippen LogP contribution in [0.3, 0.4) is 0 Å². The highest BCUT2D eigenvalue weighted by atomic mass is 16.2. The first-order valence-corrected chi connectivity index (χ1v) is 8.53. The molecule has 0 unspecified atom stereocenters. The first kappa shape index (κ1) is 18.8. The number of imidazole rings is 1. The SMILES string of the molecule is CNC(=O)c1nc[nH]c1C(=O)Nc1ccc(NC(=O)c2cccc(C)c2)cc1. The van der Waals surface area contributed by atoms with Crippen molar-refractivity contribution in [3.63, 3.8) is 0 Å². The fourth-order valence-electron chi connectivity index (χ4n) is 2.58. The van der Waals surface area contributed by atoms with Gasteiger partial charge in [-0.3, -0.25) is 14.4 Å². The Labute approximate surface area is 161 Å². The Morgan fingerprint density at radius 2 is 1.54 bits per heavy atom. The number of aryl methyl sites for hydroxylation is 1. The molecule has 0 aliphatic rings. The van der Waals surface area contributed by atoms with Crippen molar-refractivity contribution in [1.29, 1.82) is 0 Å². The smallest absolute Gasteiger partial charge is 0.274 e. The fraction of sp³-hybridized carbons (Fsp3) is 0.100. The third-order valence-corrected chi connectivity index (χ3v) is 3.99. The maximum Gasteiger partial charge on any atom is 0.274 e. The molecule has 0 spiro atoms. The zero-order valence-electron chi connectivity index (χ0n) is 15.4. The van der Waals surface area contributed by atoms with Gasteiger partial charge < -0.3 is 20.9 Å². The number of H-pyrrole nitrogens is 1. The number of rotatable bonds is 5. The average molecular weight is 377 g/mol. The van der Waals surface area contributed by atoms with Gasteiger partial charge in [0.25, 0.3) is 17.7 Å². The van der Waals surface area contributed by atoms with Gasteiger partial charge in [-0.15, -0.1) is 0 Å². The molecule has 0 aliphatic carbocycles. The van der Waals surface area contributed by atoms with Gasteiger partial charge in [0.05, 0.1) is 6.33 Å². The summed E-state index contributed by atoms with van der Waals surface area (Å²) in [6.07, 6.45) is 1.28. The Kier molecular flexibility index (Phi) is 5.50. The van der Waals surface area contributed by atoms with Crippen molar-refractivity contribution in [3.8, 4) is 0 Å². The minimum absolute atomic E-state index is 0.0158. The van der Waals surface area contributed by atoms with Crippen molar-refractivity contribution in [3.05, 3.63) is 77.4 Å². The standard InChI is InChI=1S/C20H19N5O3/c1-12-4-3-5-13(10-12)18(26)24-14-6-8-15(9-7-14)25-20(28)17-16(19(27)21-2)22-11-23-17/h3-11H,1-2H3,(H,21,27)(H,22,23)(H,24,26)(H,25,28). The van der Waals surface area contributed by atoms with Gasteiger partial charge in [0.1, 0.15) is 5.69 Å². The summed E-state index contributed by atoms with van der Waals surface area (Å²) in [5.74, 6) is -1.17. The molecule has 2 aromatic carbocycles. The van der Waals surface area contributed by atoms with E-state index in [4.69, 9.17) is 0 Å². The van der Waals surface area contributed by atoms with Crippen LogP contribution in [0.2, 0.25) is 0 Å². The molecule has 142 valence electrons. The predicted octanol–water partition coefficient (Wildman–Crippen LogP) is 2.58. The number of nitrogens with one attached hydrogen (secondary N) is 4. The molecule has 3 amide bonds. The van der Waals surface area contributed by atoms with Crippen LogP contribution in [-0.2, 0) is 0 Å². The van der Waals surface area contributed by atoms with E-state index in [0.717, 1.165) is 5.56 Å². The number of carbonyl (C=O) groups excluding carboxylic acids is 3. The van der Waals surface area contributed by atoms with Crippen LogP contribution in [-0.4, -0.2) is 34.7 Å². The molecular formula is C20H19N5O3. The highest BCUT2D eigenvalue weighted by molar-refractivity contribution is 6.10. The van der Waals surface area contributed by atoms with E-state index in [9.17, 15) is 14.4 Å². The summed E-state index contributed by atoms with van der Waals surface area (Å²) in [5.41, 5.74) is 2.75. The lowest BCUT2D eigenvalue weighted by Gasteiger charge is -2.08. The fourth-order valence-corrected chi connectivity index (χ4v) is 2.58. The van der Waals surface area contributed by atoms with Crippen molar-refractivity contribution in [2.24, 2.45) is 0 Å². The quantitative estimate of drug-likeness (QED) is 0.547. The number of aromatic amines is 1. The van der Waals surface area contributed by atoms with Gasteiger partial charge in [0.15, 0.2) is 5.69 Å². The van der Waals surface area contributed by atoms with Gasteiger partial charge in [-0.05, 0) is 43.3 Å². The minimum atomic E-state index is -0.493. The first-order valence-electron chi connectivity index (χ1n) is 8.53. The number of carbonyl (C=O) groups is 3. The largest absolute Gasteiger partial charge is 0.354 e. The number of aromatic nitrogens is 2. The van der Waals surface area contributed by atoms with Gasteiger partial charge in [0, 0.05) is 24.0 Å². The number of nitrogens with zero attached hydrogens (tertiary/aromatic N) is 1. The zero-order chi connectivity index (χ0) is 20.1. The maximum absolute atomic E-state index is 12.4. The second kappa shape index (κ2) is 8.17. The summed E-state index contributed by atoms with van der Waals surface area (Å²) in [4.78, 5) is 42.9. The molecule has 8 heteroatoms. The van der Waals surface area contributed by atoms with Crippen LogP contribution in [0.15, 0.2) is 54.9 Å². The summed E-state index contributed by atoms with van der Waals surface area (Å²) in [5, 5.41) is 7.91. The van der Waals surface area contributed by atoms with Crippen LogP contribution in [0.1, 0.15) is 36.9 Å². The minimum Gasteiger partial charge on any atom is -0.354 e. The molecule has 0 radical (unpaired) electrons. The summed E-state index contributed by atoms with van der Waals surface area (Å²) in [6.45, 7) is 1.92. The van der Waals surface area contributed by atoms with Crippen molar-refractivity contribution < 1.29 is 14.4 Å². The van der Waals surface area contributed by atoms with Crippen LogP contribution >= 0.6 is 0 Å². The zero-order valence-corrected chi connectivity index (χ0v) is 15.4. The van der Waals surface area contributed by atoms with E-state index in [-0.39, 0.29) is 17.3 Å². The predicted molar refractivity (Wildman–Crippen MR) is 106 cm³/mol. The molecular weight excluding hydrogens is 358 g/mol. The molecule has 0 bridgehead atoms. The molecule has 0 saturated heterocycles. The molecule has 3 aromatic rings. The summed E-state index contributed by atoms with van der Waals surface area (Å²) < 4.78 is 0. The first-order chi connectivity index (χ1) is 13.5. The molecule has 0 atom stereocenters. The Hall–Kier alpha value is -3.94. The van der Waals surface area contributed by atoms with Gasteiger partial charge in [-0.2, -0.15) is 0 Å². The van der Waals surface area contributed by atoms with E-state index in [1.165, 1.54) is 13.4 Å². The lowest BCUT2D eigenvalue weighted by molar-refractivity contribution is 0.0943. The van der Waals surface area contributed by atoms with E-state index in [2.05, 4.69) is 25.9 Å². The van der Waals surface area contributed by atoms with E-state index in [1.54, 1.807) is 36.4 Å². The van der Waals surface area contributed by atoms with Crippen molar-refractivity contribution in [2.75, 3.05) is 17.7 Å². The van der Waals surface area contributed by atoms with Crippen LogP contribution < -0.4 is 16.0 Å². The molecule has 1 aromatic heterocycles. The molecule has 1 heterocycles. The van der Waals surface area contributed by atoms with Crippen molar-refractivity contribution in [2.45, 2.75) is 6.92 Å². The number of amides is 3. The number of hydrogen-bond acceptors (Lipinski definition) is 4. The van der Waals surface area contributed by atoms with Crippen molar-refractivity contribution >= 4 is 29.1 Å². The molecule has 0 saturated carbocycles. The molecule has 4 N–H and O–H groups in total. The average Bonchev–Trinajstić information content (AvgIpc) is 3.19. The Morgan fingerprint density at radius 3 is 2.14 bits per heavy atom. The van der Waals surface area contributed by atoms with Crippen LogP contribution in [0.5, 0.6) is 0 Å². The maximum atomic E-state index is 12.4. The molecule has 28 heavy (non-hydrogen) atoms. The van der Waals surface area contributed by atoms with Gasteiger partial charge >= 0.3 is 0 Å². The van der Waals surface area contributed by atoms with Crippen molar-refractivity contribution in [1.82, 2.24) is 15.3 Å². The van der Waals surface area contributed by atoms with Crippen LogP contribution in [0.4, 0.5) is 11.4 Å². The molecule has 0 aliphatic heterocycles. The van der Waals surface area contributed by atoms with Gasteiger partial charge in [0.2, 0.25) is 0 Å². The van der Waals surface area contributed by atoms with Gasteiger partial charge in [-0.25, -0.2) is 4.98 Å².